The maximum absolute atomic E-state index is 11.7. The maximum atomic E-state index is 11.7. The van der Waals surface area contributed by atoms with E-state index < -0.39 is 0 Å². The van der Waals surface area contributed by atoms with Crippen LogP contribution in [0.15, 0.2) is 12.1 Å². The first kappa shape index (κ1) is 8.59. The van der Waals surface area contributed by atoms with Gasteiger partial charge in [-0.1, -0.05) is 0 Å². The van der Waals surface area contributed by atoms with E-state index in [0.717, 1.165) is 29.1 Å². The SMILES string of the molecule is Nc1ccc2c3c1CCC(=O)N3CCO2. The van der Waals surface area contributed by atoms with E-state index in [0.29, 0.717) is 19.6 Å². The molecular formula is C11H12N2O2. The van der Waals surface area contributed by atoms with Gasteiger partial charge < -0.3 is 15.4 Å². The summed E-state index contributed by atoms with van der Waals surface area (Å²) < 4.78 is 5.52. The molecule has 2 aliphatic rings. The second kappa shape index (κ2) is 2.89. The number of ether oxygens (including phenoxy) is 1. The summed E-state index contributed by atoms with van der Waals surface area (Å²) in [6, 6.07) is 3.70. The van der Waals surface area contributed by atoms with E-state index >= 15 is 0 Å². The van der Waals surface area contributed by atoms with Crippen LogP contribution >= 0.6 is 0 Å². The Bertz CT molecular complexity index is 442. The Morgan fingerprint density at radius 1 is 1.33 bits per heavy atom. The van der Waals surface area contributed by atoms with Gasteiger partial charge >= 0.3 is 0 Å². The van der Waals surface area contributed by atoms with E-state index in [2.05, 4.69) is 0 Å². The highest BCUT2D eigenvalue weighted by molar-refractivity contribution is 5.99. The fourth-order valence-corrected chi connectivity index (χ4v) is 2.28. The van der Waals surface area contributed by atoms with Crippen molar-refractivity contribution in [2.24, 2.45) is 0 Å². The molecule has 0 aromatic heterocycles. The summed E-state index contributed by atoms with van der Waals surface area (Å²) in [5, 5.41) is 0. The van der Waals surface area contributed by atoms with E-state index in [1.54, 1.807) is 4.90 Å². The van der Waals surface area contributed by atoms with Crippen molar-refractivity contribution in [1.29, 1.82) is 0 Å². The number of hydrogen-bond acceptors (Lipinski definition) is 3. The molecule has 0 aliphatic carbocycles. The van der Waals surface area contributed by atoms with Crippen LogP contribution in [0.25, 0.3) is 0 Å². The number of rotatable bonds is 0. The van der Waals surface area contributed by atoms with Crippen molar-refractivity contribution in [2.45, 2.75) is 12.8 Å². The van der Waals surface area contributed by atoms with Gasteiger partial charge in [-0.05, 0) is 18.6 Å². The van der Waals surface area contributed by atoms with Crippen molar-refractivity contribution < 1.29 is 9.53 Å². The lowest BCUT2D eigenvalue weighted by Gasteiger charge is -2.35. The average molecular weight is 204 g/mol. The number of carbonyl (C=O) groups is 1. The Labute approximate surface area is 87.6 Å². The predicted octanol–water partition coefficient (Wildman–Crippen LogP) is 0.940. The maximum Gasteiger partial charge on any atom is 0.227 e. The molecule has 0 saturated carbocycles. The molecule has 0 unspecified atom stereocenters. The quantitative estimate of drug-likeness (QED) is 0.640. The normalized spacial score (nSPS) is 18.4. The van der Waals surface area contributed by atoms with Gasteiger partial charge in [0.1, 0.15) is 12.4 Å². The Balaban J connectivity index is 2.25. The van der Waals surface area contributed by atoms with Gasteiger partial charge in [-0.2, -0.15) is 0 Å². The van der Waals surface area contributed by atoms with Crippen LogP contribution in [0.4, 0.5) is 11.4 Å². The number of nitrogens with two attached hydrogens (primary N) is 1. The first-order valence-corrected chi connectivity index (χ1v) is 5.12. The van der Waals surface area contributed by atoms with Gasteiger partial charge in [0.15, 0.2) is 0 Å². The van der Waals surface area contributed by atoms with E-state index in [1.165, 1.54) is 0 Å². The molecule has 0 spiro atoms. The lowest BCUT2D eigenvalue weighted by atomic mass is 9.98. The van der Waals surface area contributed by atoms with Gasteiger partial charge in [0.2, 0.25) is 5.91 Å². The first-order chi connectivity index (χ1) is 7.27. The molecule has 2 heterocycles. The second-order valence-electron chi connectivity index (χ2n) is 3.87. The molecule has 4 heteroatoms. The number of anilines is 2. The monoisotopic (exact) mass is 204 g/mol. The van der Waals surface area contributed by atoms with Crippen LogP contribution in [0.1, 0.15) is 12.0 Å². The fourth-order valence-electron chi connectivity index (χ4n) is 2.28. The largest absolute Gasteiger partial charge is 0.490 e. The van der Waals surface area contributed by atoms with Crippen LogP contribution in [0, 0.1) is 0 Å². The molecule has 78 valence electrons. The lowest BCUT2D eigenvalue weighted by molar-refractivity contribution is -0.119. The molecule has 0 saturated heterocycles. The van der Waals surface area contributed by atoms with E-state index in [9.17, 15) is 4.79 Å². The molecule has 4 nitrogen and oxygen atoms in total. The molecule has 1 amide bonds. The Hall–Kier alpha value is -1.71. The summed E-state index contributed by atoms with van der Waals surface area (Å²) in [4.78, 5) is 13.5. The van der Waals surface area contributed by atoms with E-state index in [1.807, 2.05) is 12.1 Å². The molecule has 0 radical (unpaired) electrons. The summed E-state index contributed by atoms with van der Waals surface area (Å²) in [5.74, 6) is 0.969. The average Bonchev–Trinajstić information content (AvgIpc) is 2.26. The van der Waals surface area contributed by atoms with Gasteiger partial charge in [-0.25, -0.2) is 0 Å². The molecule has 1 aromatic carbocycles. The van der Waals surface area contributed by atoms with Gasteiger partial charge in [0.05, 0.1) is 12.2 Å². The molecule has 15 heavy (non-hydrogen) atoms. The lowest BCUT2D eigenvalue weighted by Crippen LogP contribution is -2.41. The number of nitrogens with zero attached hydrogens (tertiary/aromatic N) is 1. The smallest absolute Gasteiger partial charge is 0.227 e. The molecule has 0 fully saturated rings. The third-order valence-electron chi connectivity index (χ3n) is 3.01. The predicted molar refractivity (Wildman–Crippen MR) is 57.0 cm³/mol. The zero-order chi connectivity index (χ0) is 10.4. The molecule has 1 aromatic rings. The van der Waals surface area contributed by atoms with Crippen molar-refractivity contribution >= 4 is 17.3 Å². The van der Waals surface area contributed by atoms with Crippen molar-refractivity contribution in [3.05, 3.63) is 17.7 Å². The minimum Gasteiger partial charge on any atom is -0.490 e. The highest BCUT2D eigenvalue weighted by Crippen LogP contribution is 2.41. The van der Waals surface area contributed by atoms with Crippen molar-refractivity contribution in [3.8, 4) is 5.75 Å². The third-order valence-corrected chi connectivity index (χ3v) is 3.01. The summed E-state index contributed by atoms with van der Waals surface area (Å²) in [5.41, 5.74) is 8.63. The number of hydrogen-bond donors (Lipinski definition) is 1. The third kappa shape index (κ3) is 1.11. The molecular weight excluding hydrogens is 192 g/mol. The van der Waals surface area contributed by atoms with Crippen LogP contribution in [0.5, 0.6) is 5.75 Å². The minimum absolute atomic E-state index is 0.178. The van der Waals surface area contributed by atoms with Gasteiger partial charge in [-0.15, -0.1) is 0 Å². The van der Waals surface area contributed by atoms with Crippen LogP contribution < -0.4 is 15.4 Å². The van der Waals surface area contributed by atoms with Crippen molar-refractivity contribution in [1.82, 2.24) is 0 Å². The standard InChI is InChI=1S/C11H12N2O2/c12-8-2-3-9-11-7(8)1-4-10(14)13(11)5-6-15-9/h2-3H,1,4-6,12H2. The zero-order valence-electron chi connectivity index (χ0n) is 8.32. The van der Waals surface area contributed by atoms with Crippen molar-refractivity contribution in [2.75, 3.05) is 23.8 Å². The highest BCUT2D eigenvalue weighted by Gasteiger charge is 2.31. The summed E-state index contributed by atoms with van der Waals surface area (Å²) >= 11 is 0. The number of carbonyl (C=O) groups excluding carboxylic acids is 1. The van der Waals surface area contributed by atoms with Gasteiger partial charge in [0.25, 0.3) is 0 Å². The van der Waals surface area contributed by atoms with E-state index in [-0.39, 0.29) is 5.91 Å². The summed E-state index contributed by atoms with van der Waals surface area (Å²) in [7, 11) is 0. The summed E-state index contributed by atoms with van der Waals surface area (Å²) in [6.07, 6.45) is 1.29. The van der Waals surface area contributed by atoms with Gasteiger partial charge in [-0.3, -0.25) is 4.79 Å². The van der Waals surface area contributed by atoms with Gasteiger partial charge in [0, 0.05) is 17.7 Å². The molecule has 0 bridgehead atoms. The highest BCUT2D eigenvalue weighted by atomic mass is 16.5. The Morgan fingerprint density at radius 3 is 3.07 bits per heavy atom. The topological polar surface area (TPSA) is 55.6 Å². The molecule has 0 atom stereocenters. The molecule has 3 rings (SSSR count). The Kier molecular flexibility index (Phi) is 1.65. The molecule has 2 aliphatic heterocycles. The number of nitrogen functional groups attached to an aromatic ring is 1. The number of amides is 1. The van der Waals surface area contributed by atoms with Crippen LogP contribution in [0.2, 0.25) is 0 Å². The van der Waals surface area contributed by atoms with Crippen molar-refractivity contribution in [3.63, 3.8) is 0 Å². The first-order valence-electron chi connectivity index (χ1n) is 5.12. The second-order valence-corrected chi connectivity index (χ2v) is 3.87. The van der Waals surface area contributed by atoms with Crippen LogP contribution in [-0.4, -0.2) is 19.1 Å². The Morgan fingerprint density at radius 2 is 2.20 bits per heavy atom. The minimum atomic E-state index is 0.178. The van der Waals surface area contributed by atoms with Crippen LogP contribution in [-0.2, 0) is 11.2 Å². The van der Waals surface area contributed by atoms with Crippen LogP contribution in [0.3, 0.4) is 0 Å². The number of benzene rings is 1. The van der Waals surface area contributed by atoms with E-state index in [4.69, 9.17) is 10.5 Å². The summed E-state index contributed by atoms with van der Waals surface area (Å²) in [6.45, 7) is 1.21. The fraction of sp³-hybridized carbons (Fsp3) is 0.364. The zero-order valence-corrected chi connectivity index (χ0v) is 8.32. The molecule has 2 N–H and O–H groups in total.